The Balaban J connectivity index is 1.91. The smallest absolute Gasteiger partial charge is 0.144 e. The Labute approximate surface area is 104 Å². The Morgan fingerprint density at radius 3 is 2.59 bits per heavy atom. The van der Waals surface area contributed by atoms with Gasteiger partial charge >= 0.3 is 0 Å². The first-order valence-corrected chi connectivity index (χ1v) is 6.16. The SMILES string of the molecule is Nc1cc(Cl)c(F)cc1N1CC2CCC(C1)O2. The minimum absolute atomic E-state index is 0.0717. The second-order valence-electron chi connectivity index (χ2n) is 4.69. The lowest BCUT2D eigenvalue weighted by atomic mass is 10.2. The Kier molecular flexibility index (Phi) is 2.64. The number of benzene rings is 1. The lowest BCUT2D eigenvalue weighted by Gasteiger charge is -2.34. The van der Waals surface area contributed by atoms with Crippen LogP contribution < -0.4 is 10.6 Å². The van der Waals surface area contributed by atoms with E-state index in [-0.39, 0.29) is 17.2 Å². The van der Waals surface area contributed by atoms with Gasteiger partial charge in [0.15, 0.2) is 0 Å². The molecule has 17 heavy (non-hydrogen) atoms. The summed E-state index contributed by atoms with van der Waals surface area (Å²) >= 11 is 5.70. The third kappa shape index (κ3) is 1.96. The van der Waals surface area contributed by atoms with E-state index in [4.69, 9.17) is 22.1 Å². The van der Waals surface area contributed by atoms with Crippen molar-refractivity contribution in [3.05, 3.63) is 23.0 Å². The molecule has 3 nitrogen and oxygen atoms in total. The van der Waals surface area contributed by atoms with Crippen molar-refractivity contribution < 1.29 is 9.13 Å². The zero-order valence-electron chi connectivity index (χ0n) is 9.33. The van der Waals surface area contributed by atoms with Crippen LogP contribution in [0.3, 0.4) is 0 Å². The molecule has 2 aliphatic rings. The maximum absolute atomic E-state index is 13.5. The minimum Gasteiger partial charge on any atom is -0.397 e. The topological polar surface area (TPSA) is 38.5 Å². The molecule has 2 atom stereocenters. The summed E-state index contributed by atoms with van der Waals surface area (Å²) in [6.07, 6.45) is 2.67. The maximum atomic E-state index is 13.5. The van der Waals surface area contributed by atoms with Crippen LogP contribution in [0.1, 0.15) is 12.8 Å². The average Bonchev–Trinajstić information content (AvgIpc) is 2.63. The van der Waals surface area contributed by atoms with Gasteiger partial charge in [-0.1, -0.05) is 11.6 Å². The Hall–Kier alpha value is -1.00. The normalized spacial score (nSPS) is 27.5. The molecule has 0 aliphatic carbocycles. The van der Waals surface area contributed by atoms with Gasteiger partial charge in [-0.3, -0.25) is 0 Å². The third-order valence-corrected chi connectivity index (χ3v) is 3.74. The Morgan fingerprint density at radius 2 is 1.94 bits per heavy atom. The van der Waals surface area contributed by atoms with E-state index in [1.807, 2.05) is 0 Å². The number of nitrogen functional groups attached to an aromatic ring is 1. The highest BCUT2D eigenvalue weighted by Crippen LogP contribution is 2.34. The van der Waals surface area contributed by atoms with Gasteiger partial charge in [0.1, 0.15) is 5.82 Å². The number of hydrogen-bond donors (Lipinski definition) is 1. The number of hydrogen-bond acceptors (Lipinski definition) is 3. The second kappa shape index (κ2) is 4.03. The quantitative estimate of drug-likeness (QED) is 0.785. The van der Waals surface area contributed by atoms with Crippen LogP contribution in [0, 0.1) is 5.82 Å². The van der Waals surface area contributed by atoms with Crippen LogP contribution in [0.25, 0.3) is 0 Å². The van der Waals surface area contributed by atoms with Gasteiger partial charge in [0.25, 0.3) is 0 Å². The van der Waals surface area contributed by atoms with Crippen molar-refractivity contribution >= 4 is 23.0 Å². The van der Waals surface area contributed by atoms with Gasteiger partial charge in [0, 0.05) is 19.2 Å². The van der Waals surface area contributed by atoms with E-state index >= 15 is 0 Å². The van der Waals surface area contributed by atoms with Crippen molar-refractivity contribution in [3.63, 3.8) is 0 Å². The van der Waals surface area contributed by atoms with Crippen LogP contribution in [0.15, 0.2) is 12.1 Å². The monoisotopic (exact) mass is 256 g/mol. The first-order valence-electron chi connectivity index (χ1n) is 5.78. The lowest BCUT2D eigenvalue weighted by molar-refractivity contribution is 0.0305. The Morgan fingerprint density at radius 1 is 1.29 bits per heavy atom. The third-order valence-electron chi connectivity index (χ3n) is 3.45. The molecule has 2 heterocycles. The molecule has 0 spiro atoms. The number of halogens is 2. The van der Waals surface area contributed by atoms with E-state index in [1.165, 1.54) is 12.1 Å². The van der Waals surface area contributed by atoms with Crippen molar-refractivity contribution in [1.82, 2.24) is 0 Å². The molecule has 0 saturated carbocycles. The predicted octanol–water partition coefficient (Wildman–Crippen LogP) is 2.43. The van der Waals surface area contributed by atoms with Crippen molar-refractivity contribution in [2.24, 2.45) is 0 Å². The average molecular weight is 257 g/mol. The van der Waals surface area contributed by atoms with Crippen LogP contribution >= 0.6 is 11.6 Å². The minimum atomic E-state index is -0.422. The number of rotatable bonds is 1. The predicted molar refractivity (Wildman–Crippen MR) is 65.9 cm³/mol. The van der Waals surface area contributed by atoms with Crippen molar-refractivity contribution in [3.8, 4) is 0 Å². The molecule has 3 rings (SSSR count). The fraction of sp³-hybridized carbons (Fsp3) is 0.500. The largest absolute Gasteiger partial charge is 0.397 e. The van der Waals surface area contributed by atoms with Crippen LogP contribution in [-0.2, 0) is 4.74 Å². The van der Waals surface area contributed by atoms with Gasteiger partial charge < -0.3 is 15.4 Å². The summed E-state index contributed by atoms with van der Waals surface area (Å²) in [5.74, 6) is -0.422. The summed E-state index contributed by atoms with van der Waals surface area (Å²) in [6, 6.07) is 2.89. The molecule has 2 saturated heterocycles. The van der Waals surface area contributed by atoms with Gasteiger partial charge in [0.2, 0.25) is 0 Å². The summed E-state index contributed by atoms with van der Waals surface area (Å²) in [7, 11) is 0. The molecule has 2 bridgehead atoms. The van der Waals surface area contributed by atoms with Gasteiger partial charge in [-0.05, 0) is 18.9 Å². The van der Waals surface area contributed by atoms with Crippen LogP contribution in [-0.4, -0.2) is 25.3 Å². The molecule has 0 aromatic heterocycles. The van der Waals surface area contributed by atoms with E-state index in [2.05, 4.69) is 4.90 Å². The summed E-state index contributed by atoms with van der Waals surface area (Å²) in [4.78, 5) is 2.10. The zero-order valence-corrected chi connectivity index (χ0v) is 10.1. The van der Waals surface area contributed by atoms with Crippen molar-refractivity contribution in [1.29, 1.82) is 0 Å². The van der Waals surface area contributed by atoms with Crippen molar-refractivity contribution in [2.75, 3.05) is 23.7 Å². The zero-order chi connectivity index (χ0) is 12.0. The molecule has 1 aromatic carbocycles. The first kappa shape index (κ1) is 11.1. The van der Waals surface area contributed by atoms with Crippen molar-refractivity contribution in [2.45, 2.75) is 25.0 Å². The molecule has 5 heteroatoms. The molecule has 1 aromatic rings. The van der Waals surface area contributed by atoms with Gasteiger partial charge in [-0.15, -0.1) is 0 Å². The maximum Gasteiger partial charge on any atom is 0.144 e. The van der Waals surface area contributed by atoms with Gasteiger partial charge in [-0.2, -0.15) is 0 Å². The second-order valence-corrected chi connectivity index (χ2v) is 5.09. The van der Waals surface area contributed by atoms with E-state index in [1.54, 1.807) is 0 Å². The number of anilines is 2. The van der Waals surface area contributed by atoms with E-state index in [9.17, 15) is 4.39 Å². The molecule has 2 unspecified atom stereocenters. The fourth-order valence-electron chi connectivity index (χ4n) is 2.64. The number of morpholine rings is 1. The van der Waals surface area contributed by atoms with E-state index in [0.717, 1.165) is 31.6 Å². The highest BCUT2D eigenvalue weighted by Gasteiger charge is 2.34. The van der Waals surface area contributed by atoms with Gasteiger partial charge in [-0.25, -0.2) is 4.39 Å². The molecule has 0 radical (unpaired) electrons. The Bertz CT molecular complexity index is 442. The summed E-state index contributed by atoms with van der Waals surface area (Å²) < 4.78 is 19.2. The number of ether oxygens (including phenoxy) is 1. The van der Waals surface area contributed by atoms with Crippen LogP contribution in [0.2, 0.25) is 5.02 Å². The highest BCUT2D eigenvalue weighted by atomic mass is 35.5. The molecule has 2 aliphatic heterocycles. The molecule has 92 valence electrons. The van der Waals surface area contributed by atoms with Crippen LogP contribution in [0.5, 0.6) is 0 Å². The lowest BCUT2D eigenvalue weighted by Crippen LogP contribution is -2.43. The molecule has 2 fully saturated rings. The first-order chi connectivity index (χ1) is 8.13. The summed E-state index contributed by atoms with van der Waals surface area (Å²) in [5, 5.41) is 0.0717. The van der Waals surface area contributed by atoms with E-state index in [0.29, 0.717) is 5.69 Å². The summed E-state index contributed by atoms with van der Waals surface area (Å²) in [6.45, 7) is 1.56. The molecule has 0 amide bonds. The molecular weight excluding hydrogens is 243 g/mol. The standard InChI is InChI=1S/C12H14ClFN2O/c13-9-3-11(15)12(4-10(9)14)16-5-7-1-2-8(6-16)17-7/h3-4,7-8H,1-2,5-6,15H2. The number of fused-ring (bicyclic) bond motifs is 2. The van der Waals surface area contributed by atoms with E-state index < -0.39 is 5.82 Å². The van der Waals surface area contributed by atoms with Crippen LogP contribution in [0.4, 0.5) is 15.8 Å². The number of nitrogens with zero attached hydrogens (tertiary/aromatic N) is 1. The molecular formula is C12H14ClFN2O. The molecule has 2 N–H and O–H groups in total. The number of nitrogens with two attached hydrogens (primary N) is 1. The van der Waals surface area contributed by atoms with Gasteiger partial charge in [0.05, 0.1) is 28.6 Å². The fourth-order valence-corrected chi connectivity index (χ4v) is 2.81. The summed E-state index contributed by atoms with van der Waals surface area (Å²) in [5.41, 5.74) is 7.15. The highest BCUT2D eigenvalue weighted by molar-refractivity contribution is 6.31.